The van der Waals surface area contributed by atoms with Crippen LogP contribution in [0.5, 0.6) is 5.75 Å². The summed E-state index contributed by atoms with van der Waals surface area (Å²) in [6.07, 6.45) is 5.90. The van der Waals surface area contributed by atoms with E-state index in [0.717, 1.165) is 42.3 Å². The van der Waals surface area contributed by atoms with Crippen molar-refractivity contribution >= 4 is 11.0 Å². The van der Waals surface area contributed by atoms with E-state index in [1.165, 1.54) is 19.3 Å². The Morgan fingerprint density at radius 2 is 2.12 bits per heavy atom. The van der Waals surface area contributed by atoms with Crippen LogP contribution in [-0.4, -0.2) is 41.8 Å². The smallest absolute Gasteiger partial charge is 0.339 e. The average molecular weight is 357 g/mol. The van der Waals surface area contributed by atoms with Crippen LogP contribution in [0.25, 0.3) is 11.0 Å². The Morgan fingerprint density at radius 1 is 1.27 bits per heavy atom. The molecule has 5 nitrogen and oxygen atoms in total. The van der Waals surface area contributed by atoms with Gasteiger partial charge in [0, 0.05) is 29.6 Å². The molecule has 0 unspecified atom stereocenters. The van der Waals surface area contributed by atoms with Crippen LogP contribution in [-0.2, 0) is 12.8 Å². The molecule has 0 saturated carbocycles. The SMILES string of the molecule is C[C@H]1CCCCN1C[C@H](O)COc1ccc2c3c(c(=O)oc2c1)CCC3. The second-order valence-electron chi connectivity index (χ2n) is 7.66. The maximum atomic E-state index is 12.1. The lowest BCUT2D eigenvalue weighted by Crippen LogP contribution is -2.43. The number of nitrogens with zero attached hydrogens (tertiary/aromatic N) is 1. The molecule has 2 atom stereocenters. The van der Waals surface area contributed by atoms with Crippen molar-refractivity contribution in [3.8, 4) is 5.75 Å². The fraction of sp³-hybridized carbons (Fsp3) is 0.571. The van der Waals surface area contributed by atoms with Crippen molar-refractivity contribution in [2.45, 2.75) is 57.6 Å². The molecular weight excluding hydrogens is 330 g/mol. The van der Waals surface area contributed by atoms with Crippen LogP contribution in [0.15, 0.2) is 27.4 Å². The number of hydrogen-bond acceptors (Lipinski definition) is 5. The summed E-state index contributed by atoms with van der Waals surface area (Å²) in [5.74, 6) is 0.629. The maximum Gasteiger partial charge on any atom is 0.339 e. The summed E-state index contributed by atoms with van der Waals surface area (Å²) in [5.41, 5.74) is 2.31. The normalized spacial score (nSPS) is 21.7. The molecule has 1 aromatic carbocycles. The molecule has 0 radical (unpaired) electrons. The molecular formula is C21H27NO4. The first kappa shape index (κ1) is 17.6. The molecule has 0 spiro atoms. The molecule has 2 aliphatic rings. The van der Waals surface area contributed by atoms with Crippen molar-refractivity contribution in [3.63, 3.8) is 0 Å². The zero-order chi connectivity index (χ0) is 18.1. The highest BCUT2D eigenvalue weighted by Crippen LogP contribution is 2.29. The van der Waals surface area contributed by atoms with Gasteiger partial charge in [-0.3, -0.25) is 4.90 Å². The van der Waals surface area contributed by atoms with Gasteiger partial charge in [-0.05, 0) is 63.3 Å². The number of β-amino-alcohol motifs (C(OH)–C–C–N with tert-alkyl or cyclic N) is 1. The molecule has 5 heteroatoms. The highest BCUT2D eigenvalue weighted by atomic mass is 16.5. The highest BCUT2D eigenvalue weighted by Gasteiger charge is 2.22. The molecule has 1 N–H and O–H groups in total. The van der Waals surface area contributed by atoms with Gasteiger partial charge >= 0.3 is 5.63 Å². The lowest BCUT2D eigenvalue weighted by atomic mass is 10.0. The lowest BCUT2D eigenvalue weighted by Gasteiger charge is -2.34. The van der Waals surface area contributed by atoms with Crippen LogP contribution >= 0.6 is 0 Å². The minimum atomic E-state index is -0.529. The van der Waals surface area contributed by atoms with Gasteiger partial charge in [-0.2, -0.15) is 0 Å². The van der Waals surface area contributed by atoms with E-state index in [4.69, 9.17) is 9.15 Å². The zero-order valence-electron chi connectivity index (χ0n) is 15.4. The van der Waals surface area contributed by atoms with Gasteiger partial charge in [-0.25, -0.2) is 4.79 Å². The van der Waals surface area contributed by atoms with E-state index in [2.05, 4.69) is 11.8 Å². The quantitative estimate of drug-likeness (QED) is 0.834. The molecule has 1 aromatic heterocycles. The number of likely N-dealkylation sites (tertiary alicyclic amines) is 1. The van der Waals surface area contributed by atoms with Gasteiger partial charge < -0.3 is 14.3 Å². The first-order valence-electron chi connectivity index (χ1n) is 9.75. The molecule has 2 aromatic rings. The van der Waals surface area contributed by atoms with E-state index in [1.54, 1.807) is 6.07 Å². The zero-order valence-corrected chi connectivity index (χ0v) is 15.4. The summed E-state index contributed by atoms with van der Waals surface area (Å²) in [7, 11) is 0. The molecule has 1 aliphatic carbocycles. The number of aliphatic hydroxyl groups excluding tert-OH is 1. The second kappa shape index (κ2) is 7.41. The van der Waals surface area contributed by atoms with Gasteiger partial charge in [-0.1, -0.05) is 6.42 Å². The largest absolute Gasteiger partial charge is 0.491 e. The molecule has 4 rings (SSSR count). The van der Waals surface area contributed by atoms with E-state index < -0.39 is 6.10 Å². The molecule has 1 aliphatic heterocycles. The summed E-state index contributed by atoms with van der Waals surface area (Å²) in [6, 6.07) is 6.16. The summed E-state index contributed by atoms with van der Waals surface area (Å²) in [5, 5.41) is 11.3. The predicted molar refractivity (Wildman–Crippen MR) is 101 cm³/mol. The van der Waals surface area contributed by atoms with E-state index in [0.29, 0.717) is 23.9 Å². The Balaban J connectivity index is 1.43. The molecule has 26 heavy (non-hydrogen) atoms. The second-order valence-corrected chi connectivity index (χ2v) is 7.66. The average Bonchev–Trinajstić information content (AvgIpc) is 3.12. The number of piperidine rings is 1. The third-order valence-electron chi connectivity index (χ3n) is 5.77. The topological polar surface area (TPSA) is 62.9 Å². The fourth-order valence-corrected chi connectivity index (χ4v) is 4.30. The van der Waals surface area contributed by atoms with E-state index in [1.807, 2.05) is 12.1 Å². The Hall–Kier alpha value is -1.85. The molecule has 140 valence electrons. The minimum absolute atomic E-state index is 0.221. The molecule has 1 saturated heterocycles. The van der Waals surface area contributed by atoms with Gasteiger partial charge in [0.2, 0.25) is 0 Å². The van der Waals surface area contributed by atoms with Crippen molar-refractivity contribution in [2.24, 2.45) is 0 Å². The first-order valence-corrected chi connectivity index (χ1v) is 9.75. The van der Waals surface area contributed by atoms with Crippen LogP contribution in [0.1, 0.15) is 43.7 Å². The first-order chi connectivity index (χ1) is 12.6. The van der Waals surface area contributed by atoms with Gasteiger partial charge in [-0.15, -0.1) is 0 Å². The van der Waals surface area contributed by atoms with Gasteiger partial charge in [0.1, 0.15) is 24.0 Å². The van der Waals surface area contributed by atoms with Crippen LogP contribution in [0, 0.1) is 0 Å². The van der Waals surface area contributed by atoms with Crippen LogP contribution in [0.4, 0.5) is 0 Å². The maximum absolute atomic E-state index is 12.1. The number of fused-ring (bicyclic) bond motifs is 3. The highest BCUT2D eigenvalue weighted by molar-refractivity contribution is 5.83. The standard InChI is InChI=1S/C21H27NO4/c1-14-5-2-3-10-22(14)12-15(23)13-25-16-8-9-18-17-6-4-7-19(17)21(24)26-20(18)11-16/h8-9,11,14-15,23H,2-7,10,12-13H2,1H3/t14-,15-/m0/s1. The molecule has 0 bridgehead atoms. The van der Waals surface area contributed by atoms with Crippen molar-refractivity contribution in [1.82, 2.24) is 4.90 Å². The van der Waals surface area contributed by atoms with Crippen molar-refractivity contribution in [2.75, 3.05) is 19.7 Å². The van der Waals surface area contributed by atoms with Crippen LogP contribution in [0.2, 0.25) is 0 Å². The number of aryl methyl sites for hydroxylation is 1. The van der Waals surface area contributed by atoms with E-state index >= 15 is 0 Å². The third-order valence-corrected chi connectivity index (χ3v) is 5.77. The van der Waals surface area contributed by atoms with Gasteiger partial charge in [0.25, 0.3) is 0 Å². The Bertz CT molecular complexity index is 844. The summed E-state index contributed by atoms with van der Waals surface area (Å²) in [6.45, 7) is 4.14. The molecule has 1 fully saturated rings. The minimum Gasteiger partial charge on any atom is -0.491 e. The van der Waals surface area contributed by atoms with Crippen molar-refractivity contribution in [1.29, 1.82) is 0 Å². The van der Waals surface area contributed by atoms with Crippen molar-refractivity contribution < 1.29 is 14.3 Å². The molecule has 0 amide bonds. The van der Waals surface area contributed by atoms with E-state index in [-0.39, 0.29) is 12.2 Å². The third kappa shape index (κ3) is 3.51. The number of hydrogen-bond donors (Lipinski definition) is 1. The van der Waals surface area contributed by atoms with Crippen LogP contribution in [0.3, 0.4) is 0 Å². The van der Waals surface area contributed by atoms with Crippen molar-refractivity contribution in [3.05, 3.63) is 39.7 Å². The predicted octanol–water partition coefficient (Wildman–Crippen LogP) is 2.90. The molecule has 2 heterocycles. The Labute approximate surface area is 153 Å². The summed E-state index contributed by atoms with van der Waals surface area (Å²) in [4.78, 5) is 14.4. The number of ether oxygens (including phenoxy) is 1. The van der Waals surface area contributed by atoms with Gasteiger partial charge in [0.15, 0.2) is 0 Å². The van der Waals surface area contributed by atoms with Crippen LogP contribution < -0.4 is 10.4 Å². The number of aliphatic hydroxyl groups is 1. The lowest BCUT2D eigenvalue weighted by molar-refractivity contribution is 0.0438. The summed E-state index contributed by atoms with van der Waals surface area (Å²) >= 11 is 0. The number of benzene rings is 1. The fourth-order valence-electron chi connectivity index (χ4n) is 4.30. The monoisotopic (exact) mass is 357 g/mol. The number of rotatable bonds is 5. The Kier molecular flexibility index (Phi) is 5.00. The van der Waals surface area contributed by atoms with E-state index in [9.17, 15) is 9.90 Å². The summed E-state index contributed by atoms with van der Waals surface area (Å²) < 4.78 is 11.3. The Morgan fingerprint density at radius 3 is 2.96 bits per heavy atom. The van der Waals surface area contributed by atoms with Gasteiger partial charge in [0.05, 0.1) is 0 Å².